The zero-order valence-corrected chi connectivity index (χ0v) is 35.4. The quantitative estimate of drug-likeness (QED) is 0.164. The standard InChI is InChI=1S/C36H34.C15H16O.C7H8/c1-4-29-30(5-2)35-31-22-21-25(3)23-33(31)36(27-17-11-7-12-18-27,28-19-13-8-14-20-28)34(35)24-32(29)26-15-9-6-10-16-26;1-10(2)11-7-5-9-14-15(11)12-6-3-4-8-13(12)16-14;1-7-5-3-2-4-6-7/h4-5,7-8,11-14,17-24,26H,1-2,6,9-10,15-16H2,3H3;3-4,6-8,10H,5,9H2,1-2H3;2-6H,1H3. The predicted molar refractivity (Wildman–Crippen MR) is 253 cm³/mol. The first-order valence-corrected chi connectivity index (χ1v) is 21.8. The summed E-state index contributed by atoms with van der Waals surface area (Å²) in [5.41, 5.74) is 18.1. The van der Waals surface area contributed by atoms with Crippen LogP contribution in [0.2, 0.25) is 0 Å². The summed E-state index contributed by atoms with van der Waals surface area (Å²) in [7, 11) is 0. The minimum Gasteiger partial charge on any atom is -0.460 e. The van der Waals surface area contributed by atoms with Crippen molar-refractivity contribution in [1.82, 2.24) is 0 Å². The summed E-state index contributed by atoms with van der Waals surface area (Å²) < 4.78 is 5.93. The highest BCUT2D eigenvalue weighted by Crippen LogP contribution is 2.59. The van der Waals surface area contributed by atoms with E-state index in [-0.39, 0.29) is 5.41 Å². The maximum absolute atomic E-state index is 5.93. The summed E-state index contributed by atoms with van der Waals surface area (Å²) in [6.07, 6.45) is 15.2. The summed E-state index contributed by atoms with van der Waals surface area (Å²) in [6, 6.07) is 50.4. The molecule has 10 rings (SSSR count). The number of furan rings is 1. The second-order valence-corrected chi connectivity index (χ2v) is 16.9. The Morgan fingerprint density at radius 1 is 0.627 bits per heavy atom. The summed E-state index contributed by atoms with van der Waals surface area (Å²) in [5.74, 6) is 2.32. The average Bonchev–Trinajstić information content (AvgIpc) is 3.81. The molecule has 1 nitrogen and oxygen atoms in total. The molecular weight excluding hydrogens is 713 g/mol. The van der Waals surface area contributed by atoms with Crippen molar-refractivity contribution in [3.63, 3.8) is 0 Å². The van der Waals surface area contributed by atoms with Crippen LogP contribution in [0.15, 0.2) is 163 Å². The fraction of sp³-hybridized carbons (Fsp3) is 0.241. The zero-order chi connectivity index (χ0) is 40.9. The Labute approximate surface area is 352 Å². The van der Waals surface area contributed by atoms with E-state index in [1.54, 1.807) is 0 Å². The maximum atomic E-state index is 5.93. The topological polar surface area (TPSA) is 13.1 Å². The van der Waals surface area contributed by atoms with Gasteiger partial charge in [0, 0.05) is 17.4 Å². The van der Waals surface area contributed by atoms with Crippen LogP contribution in [0.3, 0.4) is 0 Å². The van der Waals surface area contributed by atoms with Crippen molar-refractivity contribution in [2.24, 2.45) is 5.92 Å². The van der Waals surface area contributed by atoms with Crippen LogP contribution in [0.4, 0.5) is 0 Å². The zero-order valence-electron chi connectivity index (χ0n) is 35.4. The SMILES string of the molecule is C=Cc1c(C2CCCCC2)cc2c(c1C=C)-c1ccc(C)cc1C2(c1ccccc1)c1ccccc1.CC(C)C1=CCCc2oc3ccccc3c21.Cc1ccccc1. The van der Waals surface area contributed by atoms with E-state index in [1.807, 2.05) is 24.3 Å². The summed E-state index contributed by atoms with van der Waals surface area (Å²) in [5, 5.41) is 1.28. The molecular formula is C58H58O. The molecule has 0 atom stereocenters. The van der Waals surface area contributed by atoms with E-state index in [4.69, 9.17) is 4.42 Å². The van der Waals surface area contributed by atoms with E-state index in [0.29, 0.717) is 11.8 Å². The lowest BCUT2D eigenvalue weighted by Crippen LogP contribution is -2.29. The van der Waals surface area contributed by atoms with Crippen molar-refractivity contribution in [3.8, 4) is 11.1 Å². The molecule has 0 aliphatic heterocycles. The second kappa shape index (κ2) is 17.5. The molecule has 0 N–H and O–H groups in total. The molecule has 0 amide bonds. The third-order valence-corrected chi connectivity index (χ3v) is 12.8. The van der Waals surface area contributed by atoms with Crippen molar-refractivity contribution < 1.29 is 4.42 Å². The number of hydrogen-bond donors (Lipinski definition) is 0. The smallest absolute Gasteiger partial charge is 0.134 e. The molecule has 59 heavy (non-hydrogen) atoms. The molecule has 0 bridgehead atoms. The van der Waals surface area contributed by atoms with E-state index in [9.17, 15) is 0 Å². The molecule has 1 saturated carbocycles. The molecule has 3 aliphatic carbocycles. The lowest BCUT2D eigenvalue weighted by atomic mass is 9.66. The fourth-order valence-corrected chi connectivity index (χ4v) is 10.1. The normalized spacial score (nSPS) is 15.1. The van der Waals surface area contributed by atoms with Crippen molar-refractivity contribution in [2.75, 3.05) is 0 Å². The number of allylic oxidation sites excluding steroid dienone is 2. The largest absolute Gasteiger partial charge is 0.460 e. The number of para-hydroxylation sites is 1. The van der Waals surface area contributed by atoms with E-state index in [2.05, 4.69) is 174 Å². The lowest BCUT2D eigenvalue weighted by Gasteiger charge is -2.35. The number of aryl methyl sites for hydroxylation is 3. The molecule has 0 unspecified atom stereocenters. The van der Waals surface area contributed by atoms with E-state index in [1.165, 1.54) is 116 Å². The van der Waals surface area contributed by atoms with E-state index < -0.39 is 0 Å². The van der Waals surface area contributed by atoms with Gasteiger partial charge in [0.2, 0.25) is 0 Å². The van der Waals surface area contributed by atoms with Gasteiger partial charge in [-0.15, -0.1) is 0 Å². The van der Waals surface area contributed by atoms with Crippen LogP contribution >= 0.6 is 0 Å². The molecule has 296 valence electrons. The van der Waals surface area contributed by atoms with Gasteiger partial charge in [0.1, 0.15) is 11.3 Å². The third kappa shape index (κ3) is 7.49. The minimum absolute atomic E-state index is 0.375. The van der Waals surface area contributed by atoms with Crippen LogP contribution in [0.25, 0.3) is 39.8 Å². The number of rotatable bonds is 6. The van der Waals surface area contributed by atoms with Crippen LogP contribution in [0.1, 0.15) is 120 Å². The second-order valence-electron chi connectivity index (χ2n) is 16.9. The molecule has 1 heterocycles. The molecule has 6 aromatic carbocycles. The molecule has 0 radical (unpaired) electrons. The highest BCUT2D eigenvalue weighted by atomic mass is 16.3. The fourth-order valence-electron chi connectivity index (χ4n) is 10.1. The highest BCUT2D eigenvalue weighted by Gasteiger charge is 2.47. The van der Waals surface area contributed by atoms with Gasteiger partial charge in [0.25, 0.3) is 0 Å². The van der Waals surface area contributed by atoms with Gasteiger partial charge in [-0.3, -0.25) is 0 Å². The maximum Gasteiger partial charge on any atom is 0.134 e. The van der Waals surface area contributed by atoms with Gasteiger partial charge >= 0.3 is 0 Å². The number of fused-ring (bicyclic) bond motifs is 6. The Morgan fingerprint density at radius 2 is 1.24 bits per heavy atom. The van der Waals surface area contributed by atoms with Gasteiger partial charge in [0.05, 0.1) is 5.41 Å². The monoisotopic (exact) mass is 770 g/mol. The Balaban J connectivity index is 0.000000171. The number of benzene rings is 6. The molecule has 1 fully saturated rings. The molecule has 0 spiro atoms. The molecule has 3 aliphatic rings. The van der Waals surface area contributed by atoms with Crippen molar-refractivity contribution >= 4 is 28.7 Å². The van der Waals surface area contributed by atoms with E-state index in [0.717, 1.165) is 18.4 Å². The van der Waals surface area contributed by atoms with Crippen LogP contribution < -0.4 is 0 Å². The van der Waals surface area contributed by atoms with Crippen molar-refractivity contribution in [1.29, 1.82) is 0 Å². The third-order valence-electron chi connectivity index (χ3n) is 12.8. The Morgan fingerprint density at radius 3 is 1.83 bits per heavy atom. The van der Waals surface area contributed by atoms with Crippen LogP contribution in [0, 0.1) is 19.8 Å². The predicted octanol–water partition coefficient (Wildman–Crippen LogP) is 16.1. The number of hydrogen-bond acceptors (Lipinski definition) is 1. The van der Waals surface area contributed by atoms with Crippen molar-refractivity contribution in [3.05, 3.63) is 220 Å². The summed E-state index contributed by atoms with van der Waals surface area (Å²) in [4.78, 5) is 0. The van der Waals surface area contributed by atoms with Gasteiger partial charge in [-0.2, -0.15) is 0 Å². The minimum atomic E-state index is -0.375. The van der Waals surface area contributed by atoms with Gasteiger partial charge in [-0.25, -0.2) is 0 Å². The average molecular weight is 771 g/mol. The van der Waals surface area contributed by atoms with Crippen LogP contribution in [-0.4, -0.2) is 0 Å². The summed E-state index contributed by atoms with van der Waals surface area (Å²) >= 11 is 0. The Kier molecular flexibility index (Phi) is 11.8. The first kappa shape index (κ1) is 39.9. The Bertz CT molecular complexity index is 2550. The first-order valence-electron chi connectivity index (χ1n) is 21.8. The van der Waals surface area contributed by atoms with Gasteiger partial charge in [-0.05, 0) is 107 Å². The van der Waals surface area contributed by atoms with Crippen LogP contribution in [0.5, 0.6) is 0 Å². The van der Waals surface area contributed by atoms with Gasteiger partial charge < -0.3 is 4.42 Å². The molecule has 0 saturated heterocycles. The lowest BCUT2D eigenvalue weighted by molar-refractivity contribution is 0.443. The van der Waals surface area contributed by atoms with Crippen molar-refractivity contribution in [2.45, 2.75) is 84.0 Å². The summed E-state index contributed by atoms with van der Waals surface area (Å²) in [6.45, 7) is 17.4. The van der Waals surface area contributed by atoms with Crippen LogP contribution in [-0.2, 0) is 11.8 Å². The first-order chi connectivity index (χ1) is 28.9. The highest BCUT2D eigenvalue weighted by molar-refractivity contribution is 5.95. The van der Waals surface area contributed by atoms with Gasteiger partial charge in [0.15, 0.2) is 0 Å². The van der Waals surface area contributed by atoms with E-state index >= 15 is 0 Å². The molecule has 1 heteroatoms. The molecule has 1 aromatic heterocycles. The molecule has 7 aromatic rings. The Hall–Kier alpha value is -5.92. The van der Waals surface area contributed by atoms with Gasteiger partial charge in [-0.1, -0.05) is 209 Å².